The number of ether oxygens (including phenoxy) is 1. The number of amides is 3. The molecule has 1 aliphatic carbocycles. The van der Waals surface area contributed by atoms with E-state index in [1.54, 1.807) is 18.0 Å². The topological polar surface area (TPSA) is 87.7 Å². The summed E-state index contributed by atoms with van der Waals surface area (Å²) in [7, 11) is 1.61. The molecule has 0 aromatic heterocycles. The Bertz CT molecular complexity index is 599. The molecule has 0 bridgehead atoms. The predicted molar refractivity (Wildman–Crippen MR) is 103 cm³/mol. The number of likely N-dealkylation sites (tertiary alicyclic amines) is 1. The van der Waals surface area contributed by atoms with Gasteiger partial charge < -0.3 is 15.4 Å². The van der Waals surface area contributed by atoms with Crippen molar-refractivity contribution in [3.8, 4) is 0 Å². The second-order valence-corrected chi connectivity index (χ2v) is 8.49. The zero-order valence-electron chi connectivity index (χ0n) is 17.0. The molecule has 2 aliphatic rings. The minimum atomic E-state index is -1.00. The lowest BCUT2D eigenvalue weighted by atomic mass is 9.89. The van der Waals surface area contributed by atoms with Crippen molar-refractivity contribution in [3.05, 3.63) is 12.7 Å². The molecule has 0 radical (unpaired) electrons. The molecule has 2 N–H and O–H groups in total. The van der Waals surface area contributed by atoms with Gasteiger partial charge in [0.1, 0.15) is 11.1 Å². The molecule has 0 aromatic carbocycles. The molecule has 7 nitrogen and oxygen atoms in total. The van der Waals surface area contributed by atoms with E-state index >= 15 is 0 Å². The van der Waals surface area contributed by atoms with Crippen LogP contribution >= 0.6 is 0 Å². The van der Waals surface area contributed by atoms with E-state index in [4.69, 9.17) is 4.74 Å². The average molecular weight is 380 g/mol. The van der Waals surface area contributed by atoms with Crippen LogP contribution in [0.2, 0.25) is 0 Å². The highest BCUT2D eigenvalue weighted by Gasteiger charge is 2.51. The quantitative estimate of drug-likeness (QED) is 0.718. The highest BCUT2D eigenvalue weighted by Crippen LogP contribution is 2.36. The number of nitrogens with zero attached hydrogens (tertiary/aromatic N) is 1. The number of hydrogen-bond acceptors (Lipinski definition) is 4. The monoisotopic (exact) mass is 379 g/mol. The van der Waals surface area contributed by atoms with Crippen molar-refractivity contribution in [2.75, 3.05) is 13.6 Å². The SMILES string of the molecule is C=CCC1(C(=O)NC2CCCC2C(=O)NC)CCCN1C(=O)OC(C)(C)C. The van der Waals surface area contributed by atoms with Crippen LogP contribution in [-0.4, -0.2) is 53.6 Å². The summed E-state index contributed by atoms with van der Waals surface area (Å²) >= 11 is 0. The maximum Gasteiger partial charge on any atom is 0.411 e. The molecule has 1 aliphatic heterocycles. The van der Waals surface area contributed by atoms with Gasteiger partial charge in [-0.3, -0.25) is 14.5 Å². The fourth-order valence-electron chi connectivity index (χ4n) is 4.18. The number of rotatable bonds is 5. The molecule has 1 saturated heterocycles. The molecule has 0 aromatic rings. The third kappa shape index (κ3) is 4.62. The van der Waals surface area contributed by atoms with Crippen molar-refractivity contribution in [2.24, 2.45) is 5.92 Å². The molecule has 2 fully saturated rings. The normalized spacial score (nSPS) is 27.9. The molecule has 2 rings (SSSR count). The molecule has 0 spiro atoms. The minimum absolute atomic E-state index is 0.0500. The van der Waals surface area contributed by atoms with Crippen LogP contribution in [0.3, 0.4) is 0 Å². The van der Waals surface area contributed by atoms with Gasteiger partial charge in [0.2, 0.25) is 11.8 Å². The number of nitrogens with one attached hydrogen (secondary N) is 2. The van der Waals surface area contributed by atoms with E-state index in [1.165, 1.54) is 0 Å². The molecular formula is C20H33N3O4. The molecule has 7 heteroatoms. The van der Waals surface area contributed by atoms with E-state index < -0.39 is 17.2 Å². The lowest BCUT2D eigenvalue weighted by Crippen LogP contribution is -2.60. The van der Waals surface area contributed by atoms with Gasteiger partial charge in [0.05, 0.1) is 5.92 Å². The van der Waals surface area contributed by atoms with Crippen LogP contribution in [0.1, 0.15) is 59.3 Å². The van der Waals surface area contributed by atoms with Gasteiger partial charge in [0.25, 0.3) is 0 Å². The number of carbonyl (C=O) groups is 3. The van der Waals surface area contributed by atoms with Crippen LogP contribution in [0.4, 0.5) is 4.79 Å². The van der Waals surface area contributed by atoms with E-state index in [-0.39, 0.29) is 23.8 Å². The fraction of sp³-hybridized carbons (Fsp3) is 0.750. The standard InChI is InChI=1S/C20H33N3O4/c1-6-11-20(12-8-13-23(20)18(26)27-19(2,3)4)17(25)22-15-10-7-9-14(15)16(24)21-5/h6,14-15H,1,7-13H2,2-5H3,(H,21,24)(H,22,25). The van der Waals surface area contributed by atoms with Crippen molar-refractivity contribution in [1.82, 2.24) is 15.5 Å². The summed E-state index contributed by atoms with van der Waals surface area (Å²) in [4.78, 5) is 39.7. The van der Waals surface area contributed by atoms with Crippen LogP contribution in [-0.2, 0) is 14.3 Å². The van der Waals surface area contributed by atoms with Gasteiger partial charge in [0.15, 0.2) is 0 Å². The zero-order chi connectivity index (χ0) is 20.2. The highest BCUT2D eigenvalue weighted by atomic mass is 16.6. The van der Waals surface area contributed by atoms with Crippen LogP contribution < -0.4 is 10.6 Å². The Morgan fingerprint density at radius 3 is 2.56 bits per heavy atom. The Morgan fingerprint density at radius 2 is 1.96 bits per heavy atom. The highest BCUT2D eigenvalue weighted by molar-refractivity contribution is 5.91. The Kier molecular flexibility index (Phi) is 6.54. The summed E-state index contributed by atoms with van der Waals surface area (Å²) < 4.78 is 5.53. The van der Waals surface area contributed by atoms with Gasteiger partial charge in [-0.1, -0.05) is 12.5 Å². The minimum Gasteiger partial charge on any atom is -0.444 e. The van der Waals surface area contributed by atoms with E-state index in [0.29, 0.717) is 19.4 Å². The Balaban J connectivity index is 2.21. The van der Waals surface area contributed by atoms with E-state index in [1.807, 2.05) is 20.8 Å². The second kappa shape index (κ2) is 8.31. The van der Waals surface area contributed by atoms with Gasteiger partial charge in [-0.15, -0.1) is 6.58 Å². The van der Waals surface area contributed by atoms with E-state index in [0.717, 1.165) is 25.7 Å². The molecule has 152 valence electrons. The number of hydrogen-bond donors (Lipinski definition) is 2. The van der Waals surface area contributed by atoms with Gasteiger partial charge in [-0.25, -0.2) is 4.79 Å². The summed E-state index contributed by atoms with van der Waals surface area (Å²) in [5.41, 5.74) is -1.63. The smallest absolute Gasteiger partial charge is 0.411 e. The van der Waals surface area contributed by atoms with Crippen molar-refractivity contribution in [1.29, 1.82) is 0 Å². The predicted octanol–water partition coefficient (Wildman–Crippen LogP) is 2.36. The van der Waals surface area contributed by atoms with Gasteiger partial charge >= 0.3 is 6.09 Å². The molecule has 1 saturated carbocycles. The summed E-state index contributed by atoms with van der Waals surface area (Å²) in [6, 6.07) is -0.208. The van der Waals surface area contributed by atoms with Crippen molar-refractivity contribution in [2.45, 2.75) is 76.5 Å². The Hall–Kier alpha value is -2.05. The largest absolute Gasteiger partial charge is 0.444 e. The summed E-state index contributed by atoms with van der Waals surface area (Å²) in [5, 5.41) is 5.74. The molecule has 27 heavy (non-hydrogen) atoms. The zero-order valence-corrected chi connectivity index (χ0v) is 17.0. The lowest BCUT2D eigenvalue weighted by molar-refractivity contribution is -0.133. The van der Waals surface area contributed by atoms with Crippen LogP contribution in [0.25, 0.3) is 0 Å². The molecule has 1 heterocycles. The first-order chi connectivity index (χ1) is 12.6. The van der Waals surface area contributed by atoms with Gasteiger partial charge in [-0.2, -0.15) is 0 Å². The molecule has 3 atom stereocenters. The van der Waals surface area contributed by atoms with Gasteiger partial charge in [0, 0.05) is 19.6 Å². The van der Waals surface area contributed by atoms with Crippen LogP contribution in [0.15, 0.2) is 12.7 Å². The molecule has 3 unspecified atom stereocenters. The molecule has 3 amide bonds. The lowest BCUT2D eigenvalue weighted by Gasteiger charge is -2.38. The van der Waals surface area contributed by atoms with Crippen molar-refractivity contribution in [3.63, 3.8) is 0 Å². The summed E-state index contributed by atoms with van der Waals surface area (Å²) in [5.74, 6) is -0.492. The van der Waals surface area contributed by atoms with E-state index in [9.17, 15) is 14.4 Å². The second-order valence-electron chi connectivity index (χ2n) is 8.49. The van der Waals surface area contributed by atoms with Crippen LogP contribution in [0, 0.1) is 5.92 Å². The van der Waals surface area contributed by atoms with Crippen molar-refractivity contribution >= 4 is 17.9 Å². The number of carbonyl (C=O) groups excluding carboxylic acids is 3. The Morgan fingerprint density at radius 1 is 1.26 bits per heavy atom. The first-order valence-electron chi connectivity index (χ1n) is 9.78. The maximum absolute atomic E-state index is 13.3. The summed E-state index contributed by atoms with van der Waals surface area (Å²) in [6.07, 6.45) is 5.25. The maximum atomic E-state index is 13.3. The summed E-state index contributed by atoms with van der Waals surface area (Å²) in [6.45, 7) is 9.68. The third-order valence-corrected chi connectivity index (χ3v) is 5.42. The van der Waals surface area contributed by atoms with Crippen molar-refractivity contribution < 1.29 is 19.1 Å². The molecular weight excluding hydrogens is 346 g/mol. The van der Waals surface area contributed by atoms with Gasteiger partial charge in [-0.05, 0) is 52.9 Å². The average Bonchev–Trinajstić information content (AvgIpc) is 3.20. The Labute approximate surface area is 161 Å². The first kappa shape index (κ1) is 21.3. The van der Waals surface area contributed by atoms with Crippen LogP contribution in [0.5, 0.6) is 0 Å². The first-order valence-corrected chi connectivity index (χ1v) is 9.78. The third-order valence-electron chi connectivity index (χ3n) is 5.42. The fourth-order valence-corrected chi connectivity index (χ4v) is 4.18. The van der Waals surface area contributed by atoms with E-state index in [2.05, 4.69) is 17.2 Å².